The molecule has 0 saturated carbocycles. The number of carbonyl (C=O) groups excluding carboxylic acids is 2. The molecule has 1 aliphatic heterocycles. The zero-order valence-electron chi connectivity index (χ0n) is 16.8. The van der Waals surface area contributed by atoms with Crippen LogP contribution in [0.15, 0.2) is 24.3 Å². The molecule has 0 spiro atoms. The summed E-state index contributed by atoms with van der Waals surface area (Å²) in [5.74, 6) is -0.798. The quantitative estimate of drug-likeness (QED) is 0.682. The fourth-order valence-corrected chi connectivity index (χ4v) is 6.88. The standard InChI is InChI=1S/C21H23FN2O5S2/c22-13-5-7-15(8-6-13)29-11-18(25)24-21-19(16-3-1-2-4-17(16)30-21)20(26)23-14-9-10-31(27,28)12-14/h5-8,14H,1-4,9-12H2,(H,23,26)(H,24,25). The Hall–Kier alpha value is -2.46. The molecular weight excluding hydrogens is 443 g/mol. The van der Waals surface area contributed by atoms with Gasteiger partial charge in [0, 0.05) is 10.9 Å². The van der Waals surface area contributed by atoms with E-state index in [0.717, 1.165) is 36.1 Å². The Morgan fingerprint density at radius 1 is 1.16 bits per heavy atom. The molecule has 1 aliphatic carbocycles. The van der Waals surface area contributed by atoms with Crippen LogP contribution in [-0.4, -0.2) is 44.4 Å². The molecule has 2 N–H and O–H groups in total. The number of hydrogen-bond donors (Lipinski definition) is 2. The molecule has 0 bridgehead atoms. The Morgan fingerprint density at radius 3 is 2.61 bits per heavy atom. The van der Waals surface area contributed by atoms with Crippen molar-refractivity contribution < 1.29 is 27.1 Å². The van der Waals surface area contributed by atoms with Crippen molar-refractivity contribution in [2.24, 2.45) is 0 Å². The second kappa shape index (κ2) is 8.96. The molecule has 1 aromatic carbocycles. The molecule has 2 aromatic rings. The Balaban J connectivity index is 1.47. The summed E-state index contributed by atoms with van der Waals surface area (Å²) in [6, 6.07) is 4.93. The second-order valence-electron chi connectivity index (χ2n) is 7.78. The molecule has 1 fully saturated rings. The van der Waals surface area contributed by atoms with Gasteiger partial charge in [-0.15, -0.1) is 11.3 Å². The van der Waals surface area contributed by atoms with Crippen molar-refractivity contribution in [3.8, 4) is 5.75 Å². The number of thiophene rings is 1. The van der Waals surface area contributed by atoms with Gasteiger partial charge in [-0.05, 0) is 61.9 Å². The maximum Gasteiger partial charge on any atom is 0.262 e. The van der Waals surface area contributed by atoms with E-state index in [-0.39, 0.29) is 24.0 Å². The highest BCUT2D eigenvalue weighted by molar-refractivity contribution is 7.91. The van der Waals surface area contributed by atoms with Crippen LogP contribution in [-0.2, 0) is 27.5 Å². The summed E-state index contributed by atoms with van der Waals surface area (Å²) in [5.41, 5.74) is 1.36. The number of anilines is 1. The number of nitrogens with one attached hydrogen (secondary N) is 2. The lowest BCUT2D eigenvalue weighted by molar-refractivity contribution is -0.118. The first-order valence-corrected chi connectivity index (χ1v) is 12.8. The van der Waals surface area contributed by atoms with E-state index in [9.17, 15) is 22.4 Å². The van der Waals surface area contributed by atoms with Crippen LogP contribution in [0.1, 0.15) is 40.1 Å². The first-order valence-electron chi connectivity index (χ1n) is 10.1. The van der Waals surface area contributed by atoms with E-state index in [4.69, 9.17) is 4.74 Å². The van der Waals surface area contributed by atoms with Gasteiger partial charge in [-0.1, -0.05) is 0 Å². The van der Waals surface area contributed by atoms with Crippen LogP contribution >= 0.6 is 11.3 Å². The minimum atomic E-state index is -3.11. The summed E-state index contributed by atoms with van der Waals surface area (Å²) in [6.07, 6.45) is 3.98. The van der Waals surface area contributed by atoms with E-state index < -0.39 is 27.6 Å². The van der Waals surface area contributed by atoms with Gasteiger partial charge in [-0.25, -0.2) is 12.8 Å². The number of amides is 2. The molecule has 2 amide bonds. The zero-order chi connectivity index (χ0) is 22.0. The maximum absolute atomic E-state index is 13.0. The van der Waals surface area contributed by atoms with Gasteiger partial charge in [0.15, 0.2) is 16.4 Å². The number of carbonyl (C=O) groups is 2. The molecule has 1 saturated heterocycles. The number of benzene rings is 1. The Morgan fingerprint density at radius 2 is 1.90 bits per heavy atom. The normalized spacial score (nSPS) is 19.5. The lowest BCUT2D eigenvalue weighted by Gasteiger charge is -2.15. The van der Waals surface area contributed by atoms with Gasteiger partial charge >= 0.3 is 0 Å². The van der Waals surface area contributed by atoms with Crippen LogP contribution in [0.2, 0.25) is 0 Å². The van der Waals surface area contributed by atoms with Gasteiger partial charge in [-0.2, -0.15) is 0 Å². The van der Waals surface area contributed by atoms with Crippen molar-refractivity contribution in [2.45, 2.75) is 38.1 Å². The lowest BCUT2D eigenvalue weighted by Crippen LogP contribution is -2.36. The minimum absolute atomic E-state index is 0.0573. The topological polar surface area (TPSA) is 102 Å². The molecule has 1 aromatic heterocycles. The van der Waals surface area contributed by atoms with Crippen molar-refractivity contribution in [1.82, 2.24) is 5.32 Å². The van der Waals surface area contributed by atoms with Crippen molar-refractivity contribution >= 4 is 38.0 Å². The van der Waals surface area contributed by atoms with E-state index in [1.807, 2.05) is 0 Å². The third kappa shape index (κ3) is 5.24. The zero-order valence-corrected chi connectivity index (χ0v) is 18.4. The van der Waals surface area contributed by atoms with E-state index in [1.54, 1.807) is 0 Å². The largest absolute Gasteiger partial charge is 0.484 e. The lowest BCUT2D eigenvalue weighted by atomic mass is 9.95. The molecule has 31 heavy (non-hydrogen) atoms. The highest BCUT2D eigenvalue weighted by Gasteiger charge is 2.32. The molecule has 1 atom stereocenters. The van der Waals surface area contributed by atoms with Gasteiger partial charge in [0.05, 0.1) is 17.1 Å². The molecule has 2 aliphatic rings. The monoisotopic (exact) mass is 466 g/mol. The Kier molecular flexibility index (Phi) is 6.29. The number of sulfone groups is 1. The molecule has 2 heterocycles. The van der Waals surface area contributed by atoms with Crippen LogP contribution < -0.4 is 15.4 Å². The summed E-state index contributed by atoms with van der Waals surface area (Å²) in [6.45, 7) is -0.282. The number of rotatable bonds is 6. The van der Waals surface area contributed by atoms with Gasteiger partial charge in [0.25, 0.3) is 11.8 Å². The van der Waals surface area contributed by atoms with Gasteiger partial charge in [0.1, 0.15) is 16.6 Å². The van der Waals surface area contributed by atoms with E-state index >= 15 is 0 Å². The van der Waals surface area contributed by atoms with Crippen molar-refractivity contribution in [3.05, 3.63) is 46.1 Å². The third-order valence-electron chi connectivity index (χ3n) is 5.40. The number of hydrogen-bond acceptors (Lipinski definition) is 6. The first-order chi connectivity index (χ1) is 14.8. The van der Waals surface area contributed by atoms with Crippen LogP contribution in [0.25, 0.3) is 0 Å². The van der Waals surface area contributed by atoms with Gasteiger partial charge < -0.3 is 15.4 Å². The molecule has 7 nitrogen and oxygen atoms in total. The maximum atomic E-state index is 13.0. The average molecular weight is 467 g/mol. The fourth-order valence-electron chi connectivity index (χ4n) is 3.90. The molecule has 0 radical (unpaired) electrons. The number of fused-ring (bicyclic) bond motifs is 1. The smallest absolute Gasteiger partial charge is 0.262 e. The summed E-state index contributed by atoms with van der Waals surface area (Å²) in [5, 5.41) is 6.06. The van der Waals surface area contributed by atoms with Crippen LogP contribution in [0.3, 0.4) is 0 Å². The van der Waals surface area contributed by atoms with Crippen molar-refractivity contribution in [2.75, 3.05) is 23.4 Å². The van der Waals surface area contributed by atoms with Gasteiger partial charge in [0.2, 0.25) is 0 Å². The molecule has 1 unspecified atom stereocenters. The molecule has 10 heteroatoms. The van der Waals surface area contributed by atoms with Crippen LogP contribution in [0, 0.1) is 5.82 Å². The highest BCUT2D eigenvalue weighted by Crippen LogP contribution is 2.38. The second-order valence-corrected chi connectivity index (χ2v) is 11.1. The summed E-state index contributed by atoms with van der Waals surface area (Å²) >= 11 is 1.38. The first kappa shape index (κ1) is 21.8. The van der Waals surface area contributed by atoms with Crippen LogP contribution in [0.4, 0.5) is 9.39 Å². The van der Waals surface area contributed by atoms with E-state index in [0.29, 0.717) is 22.7 Å². The highest BCUT2D eigenvalue weighted by atomic mass is 32.2. The SMILES string of the molecule is O=C(COc1ccc(F)cc1)Nc1sc2c(c1C(=O)NC1CCS(=O)(=O)C1)CCCC2. The number of aryl methyl sites for hydroxylation is 1. The predicted molar refractivity (Wildman–Crippen MR) is 116 cm³/mol. The summed E-state index contributed by atoms with van der Waals surface area (Å²) in [7, 11) is -3.11. The average Bonchev–Trinajstić information content (AvgIpc) is 3.26. The van der Waals surface area contributed by atoms with Crippen molar-refractivity contribution in [1.29, 1.82) is 0 Å². The number of halogens is 1. The molecule has 166 valence electrons. The van der Waals surface area contributed by atoms with Gasteiger partial charge in [-0.3, -0.25) is 9.59 Å². The molecular formula is C21H23FN2O5S2. The minimum Gasteiger partial charge on any atom is -0.484 e. The van der Waals surface area contributed by atoms with Crippen LogP contribution in [0.5, 0.6) is 5.75 Å². The number of ether oxygens (including phenoxy) is 1. The predicted octanol–water partition coefficient (Wildman–Crippen LogP) is 2.70. The van der Waals surface area contributed by atoms with E-state index in [1.165, 1.54) is 35.6 Å². The third-order valence-corrected chi connectivity index (χ3v) is 8.38. The summed E-state index contributed by atoms with van der Waals surface area (Å²) < 4.78 is 41.8. The molecule has 4 rings (SSSR count). The van der Waals surface area contributed by atoms with E-state index in [2.05, 4.69) is 10.6 Å². The summed E-state index contributed by atoms with van der Waals surface area (Å²) in [4.78, 5) is 26.6. The Bertz CT molecular complexity index is 1100. The Labute approximate surface area is 183 Å². The fraction of sp³-hybridized carbons (Fsp3) is 0.429. The van der Waals surface area contributed by atoms with Crippen molar-refractivity contribution in [3.63, 3.8) is 0 Å².